The quantitative estimate of drug-likeness (QED) is 0.570. The molecule has 0 amide bonds. The Kier molecular flexibility index (Phi) is 1.72. The van der Waals surface area contributed by atoms with Crippen molar-refractivity contribution in [3.05, 3.63) is 59.8 Å². The monoisotopic (exact) mass is 260 g/mol. The van der Waals surface area contributed by atoms with E-state index in [1.807, 2.05) is 11.1 Å². The van der Waals surface area contributed by atoms with Crippen LogP contribution in [0.4, 0.5) is 0 Å². The molecule has 6 aliphatic rings. The van der Waals surface area contributed by atoms with Gasteiger partial charge in [0, 0.05) is 11.8 Å². The van der Waals surface area contributed by atoms with Gasteiger partial charge in [0.05, 0.1) is 0 Å². The highest BCUT2D eigenvalue weighted by atomic mass is 14.6. The van der Waals surface area contributed by atoms with Crippen LogP contribution >= 0.6 is 0 Å². The lowest BCUT2D eigenvalue weighted by atomic mass is 9.85. The predicted octanol–water partition coefficient (Wildman–Crippen LogP) is 4.30. The van der Waals surface area contributed by atoms with Crippen LogP contribution in [-0.2, 0) is 0 Å². The molecule has 0 radical (unpaired) electrons. The lowest BCUT2D eigenvalue weighted by molar-refractivity contribution is 0.402. The van der Waals surface area contributed by atoms with Crippen LogP contribution in [0.2, 0.25) is 0 Å². The Morgan fingerprint density at radius 3 is 1.50 bits per heavy atom. The molecule has 2 fully saturated rings. The maximum absolute atomic E-state index is 2.54. The third-order valence-corrected chi connectivity index (χ3v) is 7.08. The molecular formula is C20H20. The third kappa shape index (κ3) is 1.05. The van der Waals surface area contributed by atoms with E-state index in [1.54, 1.807) is 0 Å². The lowest BCUT2D eigenvalue weighted by Crippen LogP contribution is -2.12. The summed E-state index contributed by atoms with van der Waals surface area (Å²) in [6.07, 6.45) is 22.7. The van der Waals surface area contributed by atoms with Crippen LogP contribution in [0.5, 0.6) is 0 Å². The molecule has 0 N–H and O–H groups in total. The predicted molar refractivity (Wildman–Crippen MR) is 80.7 cm³/mol. The lowest BCUT2D eigenvalue weighted by Gasteiger charge is -2.19. The summed E-state index contributed by atoms with van der Waals surface area (Å²) in [5.74, 6) is 6.57. The van der Waals surface area contributed by atoms with Gasteiger partial charge in [-0.2, -0.15) is 0 Å². The molecule has 0 aromatic heterocycles. The molecule has 0 bridgehead atoms. The van der Waals surface area contributed by atoms with Crippen molar-refractivity contribution in [2.45, 2.75) is 12.8 Å². The van der Waals surface area contributed by atoms with E-state index >= 15 is 0 Å². The van der Waals surface area contributed by atoms with Gasteiger partial charge in [0.2, 0.25) is 0 Å². The first-order valence-electron chi connectivity index (χ1n) is 8.35. The Balaban J connectivity index is 1.48. The van der Waals surface area contributed by atoms with E-state index in [4.69, 9.17) is 0 Å². The van der Waals surface area contributed by atoms with Crippen LogP contribution in [0, 0.1) is 47.3 Å². The van der Waals surface area contributed by atoms with Crippen LogP contribution in [0.15, 0.2) is 59.8 Å². The number of rotatable bonds is 0. The molecule has 0 nitrogen and oxygen atoms in total. The highest BCUT2D eigenvalue weighted by molar-refractivity contribution is 5.44. The Hall–Kier alpha value is -1.30. The van der Waals surface area contributed by atoms with Gasteiger partial charge in [0.15, 0.2) is 0 Å². The van der Waals surface area contributed by atoms with Crippen LogP contribution in [0.1, 0.15) is 12.8 Å². The minimum Gasteiger partial charge on any atom is -0.0842 e. The van der Waals surface area contributed by atoms with Crippen LogP contribution in [0.3, 0.4) is 0 Å². The van der Waals surface area contributed by atoms with Crippen molar-refractivity contribution in [1.29, 1.82) is 0 Å². The second-order valence-electron chi connectivity index (χ2n) is 7.69. The fourth-order valence-corrected chi connectivity index (χ4v) is 6.35. The first-order chi connectivity index (χ1) is 9.90. The van der Waals surface area contributed by atoms with Gasteiger partial charge in [-0.25, -0.2) is 0 Å². The van der Waals surface area contributed by atoms with E-state index in [2.05, 4.69) is 48.6 Å². The molecule has 0 heterocycles. The normalized spacial score (nSPS) is 59.2. The maximum atomic E-state index is 2.54. The molecule has 0 aromatic rings. The van der Waals surface area contributed by atoms with Gasteiger partial charge in [-0.05, 0) is 48.3 Å². The summed E-state index contributed by atoms with van der Waals surface area (Å²) < 4.78 is 0. The first-order valence-corrected chi connectivity index (χ1v) is 8.35. The molecule has 2 saturated carbocycles. The van der Waals surface area contributed by atoms with E-state index in [0.29, 0.717) is 0 Å². The zero-order chi connectivity index (χ0) is 12.8. The fourth-order valence-electron chi connectivity index (χ4n) is 6.35. The third-order valence-electron chi connectivity index (χ3n) is 7.08. The van der Waals surface area contributed by atoms with E-state index in [-0.39, 0.29) is 0 Å². The summed E-state index contributed by atoms with van der Waals surface area (Å²) in [6, 6.07) is 0. The maximum Gasteiger partial charge on any atom is 0.00227 e. The molecule has 0 heteroatoms. The molecule has 6 aliphatic carbocycles. The van der Waals surface area contributed by atoms with Gasteiger partial charge < -0.3 is 0 Å². The minimum absolute atomic E-state index is 0.760. The van der Waals surface area contributed by atoms with Crippen molar-refractivity contribution in [3.63, 3.8) is 0 Å². The van der Waals surface area contributed by atoms with Crippen LogP contribution in [-0.4, -0.2) is 0 Å². The largest absolute Gasteiger partial charge is 0.0842 e. The standard InChI is InChI=1S/C20H20/c1-3-13-9-17(15-7-5-11(1)19(13)15)18-10-14-4-2-12-6-8-16(18)20(12)14/h1-8,11-16,19-20H,9-10H2/b18-17+/t11-,12-,13-,14-,15+,16+,19+,20+/m0/s1. The average molecular weight is 260 g/mol. The SMILES string of the molecule is C1=C[C@@H]2/C(=C3\C[C@@H]4C=C[C@H]5C=C[C@H]3[C@H]54)C[C@@H]3C=C[C@@H]1[C@@H]23. The smallest absolute Gasteiger partial charge is 0.00227 e. The van der Waals surface area contributed by atoms with Crippen molar-refractivity contribution in [2.24, 2.45) is 47.3 Å². The minimum atomic E-state index is 0.760. The Morgan fingerprint density at radius 2 is 1.00 bits per heavy atom. The van der Waals surface area contributed by atoms with E-state index in [1.165, 1.54) is 12.8 Å². The molecule has 0 aliphatic heterocycles. The highest BCUT2D eigenvalue weighted by Crippen LogP contribution is 2.61. The number of hydrogen-bond acceptors (Lipinski definition) is 0. The van der Waals surface area contributed by atoms with Gasteiger partial charge in [0.1, 0.15) is 0 Å². The topological polar surface area (TPSA) is 0 Å². The number of hydrogen-bond donors (Lipinski definition) is 0. The fraction of sp³-hybridized carbons (Fsp3) is 0.500. The van der Waals surface area contributed by atoms with Gasteiger partial charge in [-0.3, -0.25) is 0 Å². The second-order valence-corrected chi connectivity index (χ2v) is 7.69. The van der Waals surface area contributed by atoms with Gasteiger partial charge in [-0.15, -0.1) is 0 Å². The van der Waals surface area contributed by atoms with E-state index < -0.39 is 0 Å². The summed E-state index contributed by atoms with van der Waals surface area (Å²) in [6.45, 7) is 0. The van der Waals surface area contributed by atoms with Crippen molar-refractivity contribution < 1.29 is 0 Å². The Labute approximate surface area is 120 Å². The van der Waals surface area contributed by atoms with Crippen LogP contribution < -0.4 is 0 Å². The summed E-state index contributed by atoms with van der Waals surface area (Å²) in [7, 11) is 0. The molecule has 0 unspecified atom stereocenters. The molecule has 0 saturated heterocycles. The summed E-state index contributed by atoms with van der Waals surface area (Å²) >= 11 is 0. The zero-order valence-electron chi connectivity index (χ0n) is 11.7. The molecule has 20 heavy (non-hydrogen) atoms. The summed E-state index contributed by atoms with van der Waals surface area (Å²) in [5, 5.41) is 0. The molecular weight excluding hydrogens is 240 g/mol. The zero-order valence-corrected chi connectivity index (χ0v) is 11.7. The molecule has 100 valence electrons. The van der Waals surface area contributed by atoms with Crippen molar-refractivity contribution in [3.8, 4) is 0 Å². The molecule has 8 atom stereocenters. The van der Waals surface area contributed by atoms with E-state index in [9.17, 15) is 0 Å². The summed E-state index contributed by atoms with van der Waals surface area (Å²) in [4.78, 5) is 0. The molecule has 0 aromatic carbocycles. The first kappa shape index (κ1) is 10.4. The van der Waals surface area contributed by atoms with Crippen LogP contribution in [0.25, 0.3) is 0 Å². The molecule has 0 spiro atoms. The van der Waals surface area contributed by atoms with Gasteiger partial charge in [0.25, 0.3) is 0 Å². The number of allylic oxidation sites excluding steroid dienone is 10. The molecule has 6 rings (SSSR count). The van der Waals surface area contributed by atoms with E-state index in [0.717, 1.165) is 47.3 Å². The van der Waals surface area contributed by atoms with Crippen molar-refractivity contribution in [2.75, 3.05) is 0 Å². The second kappa shape index (κ2) is 3.30. The average Bonchev–Trinajstić information content (AvgIpc) is 3.18. The Morgan fingerprint density at radius 1 is 0.550 bits per heavy atom. The summed E-state index contributed by atoms with van der Waals surface area (Å²) in [5.41, 5.74) is 3.70. The van der Waals surface area contributed by atoms with Crippen molar-refractivity contribution in [1.82, 2.24) is 0 Å². The highest BCUT2D eigenvalue weighted by Gasteiger charge is 2.51. The van der Waals surface area contributed by atoms with Gasteiger partial charge >= 0.3 is 0 Å². The van der Waals surface area contributed by atoms with Crippen molar-refractivity contribution >= 4 is 0 Å². The van der Waals surface area contributed by atoms with Gasteiger partial charge in [-0.1, -0.05) is 59.8 Å². The Bertz CT molecular complexity index is 585.